The maximum absolute atomic E-state index is 4.32. The zero-order valence-electron chi connectivity index (χ0n) is 9.26. The summed E-state index contributed by atoms with van der Waals surface area (Å²) in [5.74, 6) is 0. The van der Waals surface area contributed by atoms with E-state index in [9.17, 15) is 0 Å². The second-order valence-electron chi connectivity index (χ2n) is 3.61. The van der Waals surface area contributed by atoms with E-state index < -0.39 is 0 Å². The van der Waals surface area contributed by atoms with Gasteiger partial charge in [0, 0.05) is 36.8 Å². The van der Waals surface area contributed by atoms with Crippen molar-refractivity contribution >= 4 is 11.3 Å². The zero-order chi connectivity index (χ0) is 11.2. The van der Waals surface area contributed by atoms with Crippen molar-refractivity contribution in [3.05, 3.63) is 46.7 Å². The summed E-state index contributed by atoms with van der Waals surface area (Å²) in [5.41, 5.74) is 1.08. The Morgan fingerprint density at radius 2 is 2.25 bits per heavy atom. The Kier molecular flexibility index (Phi) is 4.02. The Morgan fingerprint density at radius 1 is 1.31 bits per heavy atom. The van der Waals surface area contributed by atoms with Gasteiger partial charge in [-0.2, -0.15) is 0 Å². The predicted molar refractivity (Wildman–Crippen MR) is 66.5 cm³/mol. The maximum atomic E-state index is 4.32. The molecule has 1 atom stereocenters. The molecule has 84 valence electrons. The molecule has 0 saturated carbocycles. The molecule has 1 N–H and O–H groups in total. The van der Waals surface area contributed by atoms with Gasteiger partial charge in [-0.3, -0.25) is 4.98 Å². The number of thiazole rings is 1. The number of hydrogen-bond donors (Lipinski definition) is 1. The first-order valence-corrected chi connectivity index (χ1v) is 6.27. The minimum absolute atomic E-state index is 0.293. The Bertz CT molecular complexity index is 399. The van der Waals surface area contributed by atoms with E-state index in [4.69, 9.17) is 0 Å². The van der Waals surface area contributed by atoms with Crippen molar-refractivity contribution in [3.8, 4) is 0 Å². The van der Waals surface area contributed by atoms with Gasteiger partial charge < -0.3 is 5.32 Å². The highest BCUT2D eigenvalue weighted by atomic mass is 32.1. The fraction of sp³-hybridized carbons (Fsp3) is 0.333. The van der Waals surface area contributed by atoms with Crippen molar-refractivity contribution in [1.82, 2.24) is 15.3 Å². The normalized spacial score (nSPS) is 12.6. The lowest BCUT2D eigenvalue weighted by molar-refractivity contribution is 0.563. The Balaban J connectivity index is 1.78. The number of nitrogens with one attached hydrogen (secondary N) is 1. The van der Waals surface area contributed by atoms with Gasteiger partial charge in [-0.25, -0.2) is 4.98 Å². The zero-order valence-corrected chi connectivity index (χ0v) is 10.1. The van der Waals surface area contributed by atoms with Crippen LogP contribution in [0.4, 0.5) is 0 Å². The van der Waals surface area contributed by atoms with Crippen molar-refractivity contribution in [2.75, 3.05) is 6.54 Å². The molecular formula is C12H15N3S. The van der Waals surface area contributed by atoms with Crippen molar-refractivity contribution in [3.63, 3.8) is 0 Å². The molecule has 2 aromatic rings. The van der Waals surface area contributed by atoms with Crippen molar-refractivity contribution in [2.45, 2.75) is 19.4 Å². The predicted octanol–water partition coefficient (Wildman–Crippen LogP) is 2.43. The van der Waals surface area contributed by atoms with Crippen LogP contribution in [0.5, 0.6) is 0 Å². The van der Waals surface area contributed by atoms with E-state index in [1.54, 1.807) is 11.3 Å². The summed E-state index contributed by atoms with van der Waals surface area (Å²) in [6.07, 6.45) is 4.66. The molecule has 0 aliphatic heterocycles. The average molecular weight is 233 g/mol. The van der Waals surface area contributed by atoms with Gasteiger partial charge >= 0.3 is 0 Å². The fourth-order valence-electron chi connectivity index (χ4n) is 1.51. The van der Waals surface area contributed by atoms with Crippen LogP contribution in [0.1, 0.15) is 23.7 Å². The molecule has 16 heavy (non-hydrogen) atoms. The number of rotatable bonds is 5. The van der Waals surface area contributed by atoms with Crippen LogP contribution in [0.15, 0.2) is 36.0 Å². The molecule has 4 heteroatoms. The summed E-state index contributed by atoms with van der Waals surface area (Å²) in [7, 11) is 0. The van der Waals surface area contributed by atoms with Crippen molar-refractivity contribution < 1.29 is 0 Å². The van der Waals surface area contributed by atoms with E-state index in [0.29, 0.717) is 6.04 Å². The molecule has 0 fully saturated rings. The topological polar surface area (TPSA) is 37.8 Å². The molecule has 2 heterocycles. The first-order valence-electron chi connectivity index (χ1n) is 5.39. The lowest BCUT2D eigenvalue weighted by atomic mass is 10.2. The fourth-order valence-corrected chi connectivity index (χ4v) is 2.13. The minimum Gasteiger partial charge on any atom is -0.308 e. The van der Waals surface area contributed by atoms with Crippen LogP contribution in [0.25, 0.3) is 0 Å². The molecule has 0 spiro atoms. The van der Waals surface area contributed by atoms with Gasteiger partial charge in [-0.15, -0.1) is 11.3 Å². The highest BCUT2D eigenvalue weighted by molar-refractivity contribution is 7.09. The minimum atomic E-state index is 0.293. The maximum Gasteiger partial charge on any atom is 0.0937 e. The number of hydrogen-bond acceptors (Lipinski definition) is 4. The monoisotopic (exact) mass is 233 g/mol. The molecule has 0 saturated heterocycles. The first kappa shape index (κ1) is 11.2. The molecule has 0 radical (unpaired) electrons. The van der Waals surface area contributed by atoms with Gasteiger partial charge in [-0.05, 0) is 19.1 Å². The Morgan fingerprint density at radius 3 is 2.94 bits per heavy atom. The number of aromatic nitrogens is 2. The molecule has 0 amide bonds. The van der Waals surface area contributed by atoms with Crippen LogP contribution < -0.4 is 5.32 Å². The highest BCUT2D eigenvalue weighted by Gasteiger charge is 2.04. The van der Waals surface area contributed by atoms with Gasteiger partial charge in [0.15, 0.2) is 0 Å². The van der Waals surface area contributed by atoms with Gasteiger partial charge in [0.05, 0.1) is 10.7 Å². The van der Waals surface area contributed by atoms with Crippen LogP contribution in [0.2, 0.25) is 0 Å². The lowest BCUT2D eigenvalue weighted by Crippen LogP contribution is -2.22. The number of pyridine rings is 1. The van der Waals surface area contributed by atoms with Crippen LogP contribution in [0.3, 0.4) is 0 Å². The van der Waals surface area contributed by atoms with Crippen LogP contribution in [-0.4, -0.2) is 16.5 Å². The second-order valence-corrected chi connectivity index (χ2v) is 4.59. The summed E-state index contributed by atoms with van der Waals surface area (Å²) < 4.78 is 0. The van der Waals surface area contributed by atoms with Gasteiger partial charge in [0.1, 0.15) is 0 Å². The highest BCUT2D eigenvalue weighted by Crippen LogP contribution is 2.08. The van der Waals surface area contributed by atoms with Gasteiger partial charge in [-0.1, -0.05) is 6.07 Å². The molecule has 1 unspecified atom stereocenters. The molecule has 0 aromatic carbocycles. The summed E-state index contributed by atoms with van der Waals surface area (Å²) >= 11 is 1.70. The largest absolute Gasteiger partial charge is 0.308 e. The molecular weight excluding hydrogens is 218 g/mol. The Hall–Kier alpha value is -1.26. The first-order chi connectivity index (χ1) is 7.86. The Labute approximate surface area is 99.6 Å². The molecule has 0 aliphatic rings. The summed E-state index contributed by atoms with van der Waals surface area (Å²) in [4.78, 5) is 8.57. The van der Waals surface area contributed by atoms with E-state index in [0.717, 1.165) is 18.7 Å². The third kappa shape index (κ3) is 3.12. The quantitative estimate of drug-likeness (QED) is 0.862. The van der Waals surface area contributed by atoms with E-state index in [2.05, 4.69) is 22.2 Å². The summed E-state index contributed by atoms with van der Waals surface area (Å²) in [5, 5.41) is 6.63. The molecule has 3 nitrogen and oxygen atoms in total. The van der Waals surface area contributed by atoms with E-state index >= 15 is 0 Å². The standard InChI is InChI=1S/C12H15N3S/c1-10(11-4-2-3-6-14-11)13-7-5-12-15-8-9-16-12/h2-4,6,8-10,13H,5,7H2,1H3. The van der Waals surface area contributed by atoms with Gasteiger partial charge in [0.25, 0.3) is 0 Å². The van der Waals surface area contributed by atoms with E-state index in [1.807, 2.05) is 36.0 Å². The lowest BCUT2D eigenvalue weighted by Gasteiger charge is -2.12. The third-order valence-corrected chi connectivity index (χ3v) is 3.24. The second kappa shape index (κ2) is 5.72. The summed E-state index contributed by atoms with van der Waals surface area (Å²) in [6.45, 7) is 3.06. The van der Waals surface area contributed by atoms with Crippen LogP contribution >= 0.6 is 11.3 Å². The van der Waals surface area contributed by atoms with Crippen molar-refractivity contribution in [2.24, 2.45) is 0 Å². The average Bonchev–Trinajstić information content (AvgIpc) is 2.83. The van der Waals surface area contributed by atoms with Crippen LogP contribution in [-0.2, 0) is 6.42 Å². The van der Waals surface area contributed by atoms with Crippen LogP contribution in [0, 0.1) is 0 Å². The molecule has 2 aromatic heterocycles. The van der Waals surface area contributed by atoms with E-state index in [1.165, 1.54) is 5.01 Å². The molecule has 0 aliphatic carbocycles. The smallest absolute Gasteiger partial charge is 0.0937 e. The third-order valence-electron chi connectivity index (χ3n) is 2.40. The SMILES string of the molecule is CC(NCCc1nccs1)c1ccccn1. The number of nitrogens with zero attached hydrogens (tertiary/aromatic N) is 2. The van der Waals surface area contributed by atoms with E-state index in [-0.39, 0.29) is 0 Å². The molecule has 2 rings (SSSR count). The van der Waals surface area contributed by atoms with Gasteiger partial charge in [0.2, 0.25) is 0 Å². The summed E-state index contributed by atoms with van der Waals surface area (Å²) in [6, 6.07) is 6.29. The molecule has 0 bridgehead atoms. The van der Waals surface area contributed by atoms with Crippen molar-refractivity contribution in [1.29, 1.82) is 0 Å².